The van der Waals surface area contributed by atoms with Gasteiger partial charge in [0.25, 0.3) is 0 Å². The van der Waals surface area contributed by atoms with E-state index in [9.17, 15) is 0 Å². The summed E-state index contributed by atoms with van der Waals surface area (Å²) in [6.45, 7) is 9.26. The number of benzene rings is 1. The zero-order chi connectivity index (χ0) is 17.4. The van der Waals surface area contributed by atoms with Crippen molar-refractivity contribution in [3.05, 3.63) is 65.5 Å². The molecule has 25 heavy (non-hydrogen) atoms. The monoisotopic (exact) mass is 344 g/mol. The molecule has 0 unspecified atom stereocenters. The summed E-state index contributed by atoms with van der Waals surface area (Å²) in [6, 6.07) is 13.1. The van der Waals surface area contributed by atoms with Gasteiger partial charge >= 0.3 is 0 Å². The Balaban J connectivity index is 1.94. The third-order valence-corrected chi connectivity index (χ3v) is 6.87. The van der Waals surface area contributed by atoms with Gasteiger partial charge in [0.15, 0.2) is 0 Å². The first-order valence-electron chi connectivity index (χ1n) is 8.69. The van der Waals surface area contributed by atoms with Gasteiger partial charge in [0.05, 0.1) is 11.4 Å². The third-order valence-electron chi connectivity index (χ3n) is 5.59. The Labute approximate surface area is 152 Å². The molecule has 0 amide bonds. The standard InChI is InChI=1S/C22H20N2S/c1-21(2)15-7-5-11-23-19(15)13-9-10-14-17(18(13)21)20-16(8-6-12-24-20)25-22(14,3)4/h5-12H,1-4H3. The van der Waals surface area contributed by atoms with E-state index in [1.54, 1.807) is 0 Å². The average Bonchev–Trinajstić information content (AvgIpc) is 2.83. The Morgan fingerprint density at radius 2 is 1.52 bits per heavy atom. The van der Waals surface area contributed by atoms with Crippen LogP contribution in [0.3, 0.4) is 0 Å². The van der Waals surface area contributed by atoms with Crippen molar-refractivity contribution in [2.45, 2.75) is 42.8 Å². The summed E-state index contributed by atoms with van der Waals surface area (Å²) in [5, 5.41) is 0. The van der Waals surface area contributed by atoms with Crippen LogP contribution in [0.5, 0.6) is 0 Å². The van der Waals surface area contributed by atoms with Crippen molar-refractivity contribution in [1.82, 2.24) is 9.97 Å². The molecule has 0 N–H and O–H groups in total. The average molecular weight is 344 g/mol. The molecule has 1 aromatic carbocycles. The van der Waals surface area contributed by atoms with Gasteiger partial charge in [-0.3, -0.25) is 9.97 Å². The normalized spacial score (nSPS) is 18.1. The lowest BCUT2D eigenvalue weighted by atomic mass is 9.76. The number of rotatable bonds is 0. The number of nitrogens with zero attached hydrogens (tertiary/aromatic N) is 2. The third kappa shape index (κ3) is 1.87. The van der Waals surface area contributed by atoms with Gasteiger partial charge in [-0.05, 0) is 48.7 Å². The molecule has 1 aliphatic carbocycles. The topological polar surface area (TPSA) is 25.8 Å². The molecule has 124 valence electrons. The zero-order valence-corrected chi connectivity index (χ0v) is 15.7. The van der Waals surface area contributed by atoms with Gasteiger partial charge in [-0.2, -0.15) is 0 Å². The molecule has 3 aromatic rings. The molecule has 2 aromatic heterocycles. The molecular weight excluding hydrogens is 324 g/mol. The predicted octanol–water partition coefficient (Wildman–Crippen LogP) is 5.79. The first-order valence-corrected chi connectivity index (χ1v) is 9.51. The molecule has 0 saturated heterocycles. The second-order valence-electron chi connectivity index (χ2n) is 7.90. The summed E-state index contributed by atoms with van der Waals surface area (Å²) in [5.74, 6) is 0. The van der Waals surface area contributed by atoms with Crippen LogP contribution in [0.2, 0.25) is 0 Å². The van der Waals surface area contributed by atoms with Crippen molar-refractivity contribution >= 4 is 11.8 Å². The van der Waals surface area contributed by atoms with Gasteiger partial charge < -0.3 is 0 Å². The quantitative estimate of drug-likeness (QED) is 0.516. The maximum atomic E-state index is 4.79. The van der Waals surface area contributed by atoms with Crippen molar-refractivity contribution in [2.24, 2.45) is 0 Å². The van der Waals surface area contributed by atoms with Gasteiger partial charge in [0.2, 0.25) is 0 Å². The fourth-order valence-electron chi connectivity index (χ4n) is 4.45. The van der Waals surface area contributed by atoms with E-state index in [0.717, 1.165) is 11.4 Å². The molecule has 3 heteroatoms. The van der Waals surface area contributed by atoms with Crippen LogP contribution in [0.15, 0.2) is 53.7 Å². The summed E-state index contributed by atoms with van der Waals surface area (Å²) in [4.78, 5) is 10.8. The van der Waals surface area contributed by atoms with E-state index in [1.807, 2.05) is 36.3 Å². The molecule has 0 bridgehead atoms. The Morgan fingerprint density at radius 3 is 2.32 bits per heavy atom. The lowest BCUT2D eigenvalue weighted by molar-refractivity contribution is 0.655. The van der Waals surface area contributed by atoms with Crippen LogP contribution in [0, 0.1) is 0 Å². The van der Waals surface area contributed by atoms with Crippen LogP contribution < -0.4 is 0 Å². The summed E-state index contributed by atoms with van der Waals surface area (Å²) in [5.41, 5.74) is 8.83. The Kier molecular flexibility index (Phi) is 2.87. The minimum Gasteiger partial charge on any atom is -0.256 e. The smallest absolute Gasteiger partial charge is 0.0844 e. The SMILES string of the molecule is CC1(C)Sc2cccnc2-c2c1ccc1c2C(C)(C)c2cccnc2-1. The van der Waals surface area contributed by atoms with Crippen LogP contribution in [0.4, 0.5) is 0 Å². The van der Waals surface area contributed by atoms with E-state index < -0.39 is 0 Å². The van der Waals surface area contributed by atoms with Crippen molar-refractivity contribution in [3.8, 4) is 22.5 Å². The highest BCUT2D eigenvalue weighted by molar-refractivity contribution is 8.00. The number of thioether (sulfide) groups is 1. The molecule has 2 aliphatic rings. The largest absolute Gasteiger partial charge is 0.256 e. The first kappa shape index (κ1) is 15.2. The molecule has 3 heterocycles. The molecule has 0 spiro atoms. The molecule has 2 nitrogen and oxygen atoms in total. The van der Waals surface area contributed by atoms with E-state index in [1.165, 1.54) is 32.7 Å². The lowest BCUT2D eigenvalue weighted by Gasteiger charge is -2.36. The van der Waals surface area contributed by atoms with Crippen molar-refractivity contribution < 1.29 is 0 Å². The highest BCUT2D eigenvalue weighted by atomic mass is 32.2. The molecule has 1 aliphatic heterocycles. The fraction of sp³-hybridized carbons (Fsp3) is 0.273. The summed E-state index contributed by atoms with van der Waals surface area (Å²) in [7, 11) is 0. The molecule has 0 atom stereocenters. The molecule has 5 rings (SSSR count). The molecular formula is C22H20N2S. The van der Waals surface area contributed by atoms with Gasteiger partial charge in [-0.25, -0.2) is 0 Å². The number of fused-ring (bicyclic) bond motifs is 7. The minimum absolute atomic E-state index is 0.0265. The molecule has 0 radical (unpaired) electrons. The second-order valence-corrected chi connectivity index (χ2v) is 9.56. The minimum atomic E-state index is -0.0723. The van der Waals surface area contributed by atoms with Crippen LogP contribution in [-0.2, 0) is 10.2 Å². The van der Waals surface area contributed by atoms with Crippen molar-refractivity contribution in [2.75, 3.05) is 0 Å². The predicted molar refractivity (Wildman–Crippen MR) is 104 cm³/mol. The van der Waals surface area contributed by atoms with E-state index in [0.29, 0.717) is 0 Å². The Hall–Kier alpha value is -2.13. The summed E-state index contributed by atoms with van der Waals surface area (Å²) < 4.78 is 0.0265. The number of hydrogen-bond donors (Lipinski definition) is 0. The number of pyridine rings is 2. The van der Waals surface area contributed by atoms with Crippen LogP contribution in [0.25, 0.3) is 22.5 Å². The van der Waals surface area contributed by atoms with E-state index in [-0.39, 0.29) is 10.2 Å². The van der Waals surface area contributed by atoms with Crippen LogP contribution in [-0.4, -0.2) is 9.97 Å². The molecule has 0 saturated carbocycles. The van der Waals surface area contributed by atoms with E-state index in [2.05, 4.69) is 52.0 Å². The maximum Gasteiger partial charge on any atom is 0.0844 e. The number of hydrogen-bond acceptors (Lipinski definition) is 3. The van der Waals surface area contributed by atoms with Gasteiger partial charge in [-0.1, -0.05) is 32.0 Å². The van der Waals surface area contributed by atoms with E-state index >= 15 is 0 Å². The van der Waals surface area contributed by atoms with Gasteiger partial charge in [0.1, 0.15) is 0 Å². The lowest BCUT2D eigenvalue weighted by Crippen LogP contribution is -2.23. The van der Waals surface area contributed by atoms with Gasteiger partial charge in [-0.15, -0.1) is 11.8 Å². The van der Waals surface area contributed by atoms with Gasteiger partial charge in [0, 0.05) is 38.6 Å². The zero-order valence-electron chi connectivity index (χ0n) is 14.9. The van der Waals surface area contributed by atoms with Crippen LogP contribution >= 0.6 is 11.8 Å². The Morgan fingerprint density at radius 1 is 0.800 bits per heavy atom. The highest BCUT2D eigenvalue weighted by Gasteiger charge is 2.43. The van der Waals surface area contributed by atoms with Crippen molar-refractivity contribution in [1.29, 1.82) is 0 Å². The molecule has 0 fully saturated rings. The number of aromatic nitrogens is 2. The van der Waals surface area contributed by atoms with Crippen LogP contribution in [0.1, 0.15) is 44.4 Å². The highest BCUT2D eigenvalue weighted by Crippen LogP contribution is 2.58. The summed E-state index contributed by atoms with van der Waals surface area (Å²) >= 11 is 1.91. The van der Waals surface area contributed by atoms with E-state index in [4.69, 9.17) is 9.97 Å². The fourth-order valence-corrected chi connectivity index (χ4v) is 5.67. The van der Waals surface area contributed by atoms with Crippen molar-refractivity contribution in [3.63, 3.8) is 0 Å². The second kappa shape index (κ2) is 4.73. The Bertz CT molecular complexity index is 1030. The maximum absolute atomic E-state index is 4.79. The summed E-state index contributed by atoms with van der Waals surface area (Å²) in [6.07, 6.45) is 3.81. The first-order chi connectivity index (χ1) is 11.9.